The number of aromatic nitrogens is 10. The van der Waals surface area contributed by atoms with E-state index in [1.165, 1.54) is 33.4 Å². The molecule has 768 valence electrons. The molecular formula is C112H110N12O25. The summed E-state index contributed by atoms with van der Waals surface area (Å²) < 4.78 is 57.4. The van der Waals surface area contributed by atoms with E-state index in [-0.39, 0.29) is 167 Å². The minimum absolute atomic E-state index is 0.00890. The monoisotopic (exact) mass is 2020 g/mol. The maximum absolute atomic E-state index is 14.1. The highest BCUT2D eigenvalue weighted by Crippen LogP contribution is 2.48. The number of hydrogen-bond donors (Lipinski definition) is 7. The zero-order chi connectivity index (χ0) is 105. The van der Waals surface area contributed by atoms with Gasteiger partial charge in [-0.2, -0.15) is 0 Å². The second kappa shape index (κ2) is 42.0. The number of carboxylic acid groups (broad SMARTS) is 1. The molecule has 37 nitrogen and oxygen atoms in total. The first-order valence-electron chi connectivity index (χ1n) is 49.7. The third-order valence-electron chi connectivity index (χ3n) is 27.9. The molecule has 11 heterocycles. The highest BCUT2D eigenvalue weighted by atomic mass is 16.8. The van der Waals surface area contributed by atoms with E-state index in [1.807, 2.05) is 46.8 Å². The number of carbonyl (C=O) groups is 8. The van der Waals surface area contributed by atoms with Gasteiger partial charge >= 0.3 is 36.2 Å². The molecule has 37 heteroatoms. The van der Waals surface area contributed by atoms with Gasteiger partial charge in [0.05, 0.1) is 81.3 Å². The van der Waals surface area contributed by atoms with Crippen LogP contribution in [0.1, 0.15) is 242 Å². The van der Waals surface area contributed by atoms with Gasteiger partial charge in [0, 0.05) is 94.6 Å². The van der Waals surface area contributed by atoms with E-state index < -0.39 is 59.4 Å². The molecule has 2 unspecified atom stereocenters. The maximum atomic E-state index is 14.1. The number of amides is 2. The minimum atomic E-state index is -1.96. The summed E-state index contributed by atoms with van der Waals surface area (Å²) in [5, 5.41) is 82.8. The Morgan fingerprint density at radius 3 is 1.36 bits per heavy atom. The van der Waals surface area contributed by atoms with Gasteiger partial charge in [0.25, 0.3) is 22.9 Å². The molecule has 1 saturated heterocycles. The fraction of sp³-hybridized carbons (Fsp3) is 0.321. The maximum Gasteiger partial charge on any atom is 0.510 e. The lowest BCUT2D eigenvalue weighted by Gasteiger charge is -2.36. The first kappa shape index (κ1) is 102. The molecule has 20 rings (SSSR count). The first-order valence-corrected chi connectivity index (χ1v) is 49.7. The van der Waals surface area contributed by atoms with Crippen LogP contribution in [0.4, 0.5) is 9.59 Å². The molecule has 5 aliphatic heterocycles. The number of nitrogens with one attached hydrogen (secondary N) is 1. The van der Waals surface area contributed by atoms with Gasteiger partial charge < -0.3 is 92.6 Å². The molecule has 6 aliphatic rings. The van der Waals surface area contributed by atoms with Crippen molar-refractivity contribution in [3.8, 4) is 109 Å². The number of phenolic OH excluding ortho intramolecular Hbond substituents is 5. The number of hydrogen-bond acceptors (Lipinski definition) is 30. The molecule has 2 fully saturated rings. The molecular weight excluding hydrogens is 1910 g/mol. The van der Waals surface area contributed by atoms with Gasteiger partial charge in [-0.15, -0.1) is 20.4 Å². The third kappa shape index (κ3) is 19.6. The highest BCUT2D eigenvalue weighted by Gasteiger charge is 2.54. The number of phenols is 5. The molecule has 8 aromatic carbocycles. The number of ether oxygens (including phenoxy) is 9. The van der Waals surface area contributed by atoms with Crippen LogP contribution in [-0.2, 0) is 93.1 Å². The Hall–Kier alpha value is -17.3. The number of aryl methyl sites for hydroxylation is 3. The summed E-state index contributed by atoms with van der Waals surface area (Å²) in [6.45, 7) is 21.8. The van der Waals surface area contributed by atoms with Crippen LogP contribution in [-0.4, -0.2) is 171 Å². The van der Waals surface area contributed by atoms with Crippen molar-refractivity contribution in [2.45, 2.75) is 208 Å². The number of aromatic carboxylic acids is 1. The van der Waals surface area contributed by atoms with Crippen molar-refractivity contribution in [2.24, 2.45) is 0 Å². The summed E-state index contributed by atoms with van der Waals surface area (Å²) in [5.74, 6) is -2.41. The van der Waals surface area contributed by atoms with E-state index in [1.54, 1.807) is 169 Å². The number of cyclic esters (lactones) is 2. The number of aromatic hydroxyl groups is 5. The predicted octanol–water partition coefficient (Wildman–Crippen LogP) is 18.7. The smallest absolute Gasteiger partial charge is 0.508 e. The SMILES string of the molecule is CCNC(=O)c1nnc(-c2cc(C(C)C)c(O)cc2O)n1-c1ccc(Oc2ccc(C(=O)N3CCC(OC(=O)OC4(CC)C(=O)OCc5c4cc4n(c5=O)Cc5c-4nc4ccc(O)cc4c5CC)CC3)cc2)cc1.CCOC(=O)c1nnc(-c2cc(C(C)C)c(O)cc2O)n1-c1ccc(Oc2ccc(C(=O)O)cc2)cc1.CCc1c2c(nc3ccc(C)cc13)-c1cc3c(c(=O)n1C2)COC(=O)C3(CC)OC(=O)OC1CCCCC1. The predicted molar refractivity (Wildman–Crippen MR) is 543 cm³/mol. The molecule has 0 radical (unpaired) electrons. The van der Waals surface area contributed by atoms with Crippen LogP contribution >= 0.6 is 0 Å². The number of nitrogens with zero attached hydrogens (tertiary/aromatic N) is 11. The zero-order valence-corrected chi connectivity index (χ0v) is 83.8. The van der Waals surface area contributed by atoms with E-state index >= 15 is 0 Å². The largest absolute Gasteiger partial charge is 0.510 e. The van der Waals surface area contributed by atoms with Crippen LogP contribution in [0.25, 0.3) is 78.7 Å². The lowest BCUT2D eigenvalue weighted by molar-refractivity contribution is -0.176. The van der Waals surface area contributed by atoms with E-state index in [9.17, 15) is 73.5 Å². The van der Waals surface area contributed by atoms with Crippen molar-refractivity contribution < 1.29 is 112 Å². The van der Waals surface area contributed by atoms with Gasteiger partial charge in [0.2, 0.25) is 22.9 Å². The quantitative estimate of drug-likeness (QED) is 0.0218. The third-order valence-corrected chi connectivity index (χ3v) is 27.9. The summed E-state index contributed by atoms with van der Waals surface area (Å²) >= 11 is 0. The number of likely N-dealkylation sites (tertiary alicyclic amines) is 1. The van der Waals surface area contributed by atoms with Crippen LogP contribution in [0.2, 0.25) is 0 Å². The fourth-order valence-corrected chi connectivity index (χ4v) is 20.2. The molecule has 0 bridgehead atoms. The molecule has 6 aromatic heterocycles. The first-order chi connectivity index (χ1) is 71.7. The number of carbonyl (C=O) groups excluding carboxylic acids is 7. The van der Waals surface area contributed by atoms with Crippen molar-refractivity contribution in [3.05, 3.63) is 275 Å². The summed E-state index contributed by atoms with van der Waals surface area (Å²) in [5.41, 5.74) is 9.06. The average molecular weight is 2020 g/mol. The molecule has 7 N–H and O–H groups in total. The van der Waals surface area contributed by atoms with Crippen molar-refractivity contribution in [1.82, 2.24) is 58.8 Å². The Labute approximate surface area is 853 Å². The molecule has 14 aromatic rings. The van der Waals surface area contributed by atoms with Crippen molar-refractivity contribution in [2.75, 3.05) is 26.2 Å². The van der Waals surface area contributed by atoms with Crippen LogP contribution in [0.5, 0.6) is 51.7 Å². The van der Waals surface area contributed by atoms with Crippen molar-refractivity contribution in [3.63, 3.8) is 0 Å². The molecule has 2 atom stereocenters. The average Bonchev–Trinajstić information content (AvgIpc) is 1.59. The summed E-state index contributed by atoms with van der Waals surface area (Å²) in [6.07, 6.45) is 3.88. The van der Waals surface area contributed by atoms with Gasteiger partial charge in [0.15, 0.2) is 11.6 Å². The standard InChI is InChI=1S/C55H53N7O12.C30H32N2O6.C27H25N3O7/c1-6-36-38-23-32(63)13-18-43(38)57-47-40(36)27-61-44(47)25-42-41(52(61)68)28-71-53(69)55(42,7-2)74-54(70)73-35-19-21-60(22-20-35)51(67)30-9-14-33(15-10-30)72-34-16-11-31(12-17-34)62-48(58-59-49(62)50(66)56-8-3)39-24-37(29(4)5)45(64)26-46(39)65;1-4-19-20-13-17(3)11-12-24(20)31-26-21(19)15-32-25(26)14-23-22(27(32)33)16-36-28(34)30(23,5-2)38-29(35)37-18-9-7-6-8-10-18;1-4-36-27(35)25-29-28-24(21-13-20(15(2)3)22(31)14-23(21)32)30(25)17-7-11-19(12-8-17)37-18-9-5-16(6-10-18)26(33)34/h9-18,23-26,29,35,63-65H,6-8,19-22,27-28H2,1-5H3,(H,56,66);11-14,18H,4-10,15-16H2,1-3H3;5-15,31-32H,4H2,1-3H3,(H,33,34). The van der Waals surface area contributed by atoms with Crippen LogP contribution in [0.3, 0.4) is 0 Å². The Morgan fingerprint density at radius 2 is 0.919 bits per heavy atom. The number of pyridine rings is 4. The number of esters is 3. The Balaban J connectivity index is 0.000000162. The van der Waals surface area contributed by atoms with Gasteiger partial charge in [-0.25, -0.2) is 38.7 Å². The number of rotatable bonds is 24. The van der Waals surface area contributed by atoms with Crippen LogP contribution < -0.4 is 25.9 Å². The summed E-state index contributed by atoms with van der Waals surface area (Å²) in [7, 11) is 0. The number of carboxylic acids is 1. The summed E-state index contributed by atoms with van der Waals surface area (Å²) in [6, 6.07) is 46.5. The fourth-order valence-electron chi connectivity index (χ4n) is 20.2. The molecule has 1 aliphatic carbocycles. The normalized spacial score (nSPS) is 15.9. The van der Waals surface area contributed by atoms with Gasteiger partial charge in [-0.1, -0.05) is 73.4 Å². The summed E-state index contributed by atoms with van der Waals surface area (Å²) in [4.78, 5) is 143. The lowest BCUT2D eigenvalue weighted by Crippen LogP contribution is -2.48. The number of fused-ring (bicyclic) bond motifs is 10. The lowest BCUT2D eigenvalue weighted by atomic mass is 9.85. The Kier molecular flexibility index (Phi) is 28.7. The van der Waals surface area contributed by atoms with E-state index in [0.717, 1.165) is 88.3 Å². The molecule has 149 heavy (non-hydrogen) atoms. The molecule has 2 amide bonds. The topological polar surface area (TPSA) is 487 Å². The van der Waals surface area contributed by atoms with E-state index in [2.05, 4.69) is 45.6 Å². The molecule has 0 spiro atoms. The van der Waals surface area contributed by atoms with Crippen LogP contribution in [0, 0.1) is 6.92 Å². The van der Waals surface area contributed by atoms with Crippen molar-refractivity contribution >= 4 is 69.8 Å². The van der Waals surface area contributed by atoms with Gasteiger partial charge in [-0.05, 0) is 258 Å². The zero-order valence-electron chi connectivity index (χ0n) is 83.8. The van der Waals surface area contributed by atoms with E-state index in [0.29, 0.717) is 117 Å². The molecule has 1 saturated carbocycles. The van der Waals surface area contributed by atoms with Gasteiger partial charge in [-0.3, -0.25) is 28.3 Å². The number of piperidine rings is 1. The minimum Gasteiger partial charge on any atom is -0.508 e. The van der Waals surface area contributed by atoms with Crippen molar-refractivity contribution in [1.29, 1.82) is 0 Å². The Morgan fingerprint density at radius 1 is 0.483 bits per heavy atom. The second-order valence-corrected chi connectivity index (χ2v) is 37.8. The highest BCUT2D eigenvalue weighted by molar-refractivity contribution is 5.97. The number of benzene rings is 8. The Bertz CT molecular complexity index is 7810. The van der Waals surface area contributed by atoms with E-state index in [4.69, 9.17) is 57.7 Å². The van der Waals surface area contributed by atoms with Crippen LogP contribution in [0.15, 0.2) is 179 Å². The second-order valence-electron chi connectivity index (χ2n) is 37.8. The van der Waals surface area contributed by atoms with Gasteiger partial charge in [0.1, 0.15) is 77.2 Å².